The van der Waals surface area contributed by atoms with E-state index in [2.05, 4.69) is 41.5 Å². The molecule has 10 unspecified atom stereocenters. The van der Waals surface area contributed by atoms with Crippen LogP contribution in [-0.4, -0.2) is 0 Å². The molecule has 46 heavy (non-hydrogen) atoms. The number of hydrogen-bond donors (Lipinski definition) is 0. The van der Waals surface area contributed by atoms with Gasteiger partial charge in [-0.15, -0.1) is 0 Å². The van der Waals surface area contributed by atoms with Crippen LogP contribution in [0.4, 0.5) is 0 Å². The Balaban J connectivity index is 1.36. The van der Waals surface area contributed by atoms with Crippen LogP contribution in [-0.2, 0) is 0 Å². The molecule has 10 atom stereocenters. The second-order valence-electron chi connectivity index (χ2n) is 22.0. The molecule has 0 heterocycles. The van der Waals surface area contributed by atoms with Gasteiger partial charge in [-0.25, -0.2) is 0 Å². The van der Waals surface area contributed by atoms with Gasteiger partial charge in [-0.05, 0) is 170 Å². The van der Waals surface area contributed by atoms with E-state index in [1.165, 1.54) is 64.2 Å². The maximum atomic E-state index is 3.00. The average Bonchev–Trinajstić information content (AvgIpc) is 3.55. The SMILES string of the molecule is CC1(C)CCCC2C3CCCCC3C(CC(C3C4CCCCC4C4CCCC(C)(C)C43)(C3(C)CCCCC3)C3(C)CCCCC3)C21. The molecular formula is C46H78. The van der Waals surface area contributed by atoms with E-state index in [4.69, 9.17) is 0 Å². The summed E-state index contributed by atoms with van der Waals surface area (Å²) in [6, 6.07) is 0. The molecule has 262 valence electrons. The summed E-state index contributed by atoms with van der Waals surface area (Å²) in [6.07, 6.45) is 38.9. The second-order valence-corrected chi connectivity index (χ2v) is 22.0. The molecule has 0 heteroatoms. The summed E-state index contributed by atoms with van der Waals surface area (Å²) in [5, 5.41) is 0. The highest BCUT2D eigenvalue weighted by atomic mass is 14.8. The van der Waals surface area contributed by atoms with Gasteiger partial charge >= 0.3 is 0 Å². The van der Waals surface area contributed by atoms with Crippen LogP contribution < -0.4 is 0 Å². The van der Waals surface area contributed by atoms with Crippen LogP contribution in [0.2, 0.25) is 0 Å². The lowest BCUT2D eigenvalue weighted by Gasteiger charge is -2.69. The van der Waals surface area contributed by atoms with Crippen LogP contribution in [0, 0.1) is 86.3 Å². The molecule has 8 aliphatic rings. The highest BCUT2D eigenvalue weighted by molar-refractivity contribution is 5.20. The van der Waals surface area contributed by atoms with Crippen LogP contribution in [0.5, 0.6) is 0 Å². The van der Waals surface area contributed by atoms with Crippen LogP contribution in [0.15, 0.2) is 0 Å². The number of fused-ring (bicyclic) bond motifs is 6. The monoisotopic (exact) mass is 631 g/mol. The zero-order valence-corrected chi connectivity index (χ0v) is 32.0. The van der Waals surface area contributed by atoms with Gasteiger partial charge in [-0.1, -0.05) is 119 Å². The van der Waals surface area contributed by atoms with Crippen molar-refractivity contribution < 1.29 is 0 Å². The van der Waals surface area contributed by atoms with Crippen LogP contribution >= 0.6 is 0 Å². The Morgan fingerprint density at radius 2 is 0.804 bits per heavy atom. The van der Waals surface area contributed by atoms with E-state index in [9.17, 15) is 0 Å². The Bertz CT molecular complexity index is 1040. The van der Waals surface area contributed by atoms with Gasteiger partial charge in [0.05, 0.1) is 0 Å². The zero-order valence-electron chi connectivity index (χ0n) is 32.0. The first-order chi connectivity index (χ1) is 22.0. The minimum Gasteiger partial charge on any atom is -0.0596 e. The molecule has 8 rings (SSSR count). The van der Waals surface area contributed by atoms with E-state index < -0.39 is 0 Å². The van der Waals surface area contributed by atoms with Crippen LogP contribution in [0.3, 0.4) is 0 Å². The van der Waals surface area contributed by atoms with Crippen molar-refractivity contribution in [1.82, 2.24) is 0 Å². The molecule has 8 saturated carbocycles. The standard InChI is InChI=1S/C46H78/c1-42(2)25-17-23-35-32-19-9-10-20-33(32)38(39(35)42)31-46(44(5)27-13-7-14-28-44,45(6)29-15-8-16-30-45)41-37-22-12-11-21-34(37)36-24-18-26-43(3,4)40(36)41/h32-41H,7-31H2,1-6H3. The van der Waals surface area contributed by atoms with E-state index in [0.717, 1.165) is 59.2 Å². The lowest BCUT2D eigenvalue weighted by molar-refractivity contribution is -0.204. The van der Waals surface area contributed by atoms with Crippen molar-refractivity contribution in [2.75, 3.05) is 0 Å². The lowest BCUT2D eigenvalue weighted by atomic mass is 9.36. The quantitative estimate of drug-likeness (QED) is 0.283. The van der Waals surface area contributed by atoms with E-state index in [1.54, 1.807) is 96.3 Å². The molecule has 0 bridgehead atoms. The molecule has 0 saturated heterocycles. The van der Waals surface area contributed by atoms with Crippen molar-refractivity contribution in [3.05, 3.63) is 0 Å². The summed E-state index contributed by atoms with van der Waals surface area (Å²) in [7, 11) is 0. The predicted molar refractivity (Wildman–Crippen MR) is 197 cm³/mol. The molecule has 0 radical (unpaired) electrons. The highest BCUT2D eigenvalue weighted by Gasteiger charge is 2.72. The fraction of sp³-hybridized carbons (Fsp3) is 1.00. The minimum absolute atomic E-state index is 0.530. The van der Waals surface area contributed by atoms with Crippen molar-refractivity contribution in [3.8, 4) is 0 Å². The number of rotatable bonds is 5. The van der Waals surface area contributed by atoms with Gasteiger partial charge in [0.25, 0.3) is 0 Å². The molecule has 8 aliphatic carbocycles. The maximum absolute atomic E-state index is 3.00. The summed E-state index contributed by atoms with van der Waals surface area (Å²) >= 11 is 0. The third-order valence-electron chi connectivity index (χ3n) is 19.3. The smallest absolute Gasteiger partial charge is 0.0153 e. The van der Waals surface area contributed by atoms with Crippen molar-refractivity contribution in [2.45, 2.75) is 202 Å². The highest BCUT2D eigenvalue weighted by Crippen LogP contribution is 2.78. The second kappa shape index (κ2) is 12.1. The van der Waals surface area contributed by atoms with Gasteiger partial charge in [-0.3, -0.25) is 0 Å². The van der Waals surface area contributed by atoms with Gasteiger partial charge in [-0.2, -0.15) is 0 Å². The molecule has 0 aromatic rings. The Morgan fingerprint density at radius 3 is 1.35 bits per heavy atom. The van der Waals surface area contributed by atoms with Gasteiger partial charge in [0, 0.05) is 0 Å². The van der Waals surface area contributed by atoms with Crippen molar-refractivity contribution in [1.29, 1.82) is 0 Å². The average molecular weight is 631 g/mol. The van der Waals surface area contributed by atoms with Crippen LogP contribution in [0.25, 0.3) is 0 Å². The zero-order chi connectivity index (χ0) is 32.0. The fourth-order valence-electron chi connectivity index (χ4n) is 18.0. The third kappa shape index (κ3) is 4.89. The van der Waals surface area contributed by atoms with Crippen LogP contribution in [0.1, 0.15) is 202 Å². The van der Waals surface area contributed by atoms with Gasteiger partial charge in [0.1, 0.15) is 0 Å². The molecule has 0 aromatic heterocycles. The summed E-state index contributed by atoms with van der Waals surface area (Å²) < 4.78 is 0. The summed E-state index contributed by atoms with van der Waals surface area (Å²) in [6.45, 7) is 17.2. The van der Waals surface area contributed by atoms with Gasteiger partial charge in [0.15, 0.2) is 0 Å². The Morgan fingerprint density at radius 1 is 0.391 bits per heavy atom. The third-order valence-corrected chi connectivity index (χ3v) is 19.3. The molecule has 0 spiro atoms. The Kier molecular flexibility index (Phi) is 8.69. The predicted octanol–water partition coefficient (Wildman–Crippen LogP) is 14.1. The first-order valence-corrected chi connectivity index (χ1v) is 22.0. The minimum atomic E-state index is 0.530. The van der Waals surface area contributed by atoms with E-state index in [1.807, 2.05) is 0 Å². The number of hydrogen-bond acceptors (Lipinski definition) is 0. The van der Waals surface area contributed by atoms with Crippen molar-refractivity contribution >= 4 is 0 Å². The Labute approximate surface area is 287 Å². The van der Waals surface area contributed by atoms with Crippen molar-refractivity contribution in [3.63, 3.8) is 0 Å². The summed E-state index contributed by atoms with van der Waals surface area (Å²) in [5.74, 6) is 10.3. The Hall–Kier alpha value is 0. The van der Waals surface area contributed by atoms with E-state index in [0.29, 0.717) is 27.1 Å². The molecular weight excluding hydrogens is 553 g/mol. The fourth-order valence-corrected chi connectivity index (χ4v) is 18.0. The molecule has 0 nitrogen and oxygen atoms in total. The lowest BCUT2D eigenvalue weighted by Crippen LogP contribution is -2.62. The normalized spacial score (nSPS) is 46.0. The molecule has 0 amide bonds. The summed E-state index contributed by atoms with van der Waals surface area (Å²) in [4.78, 5) is 0. The van der Waals surface area contributed by atoms with Crippen molar-refractivity contribution in [2.24, 2.45) is 86.3 Å². The largest absolute Gasteiger partial charge is 0.0596 e. The maximum Gasteiger partial charge on any atom is -0.0153 e. The topological polar surface area (TPSA) is 0 Å². The first-order valence-electron chi connectivity index (χ1n) is 22.0. The molecule has 0 aliphatic heterocycles. The molecule has 8 fully saturated rings. The molecule has 0 aromatic carbocycles. The van der Waals surface area contributed by atoms with Gasteiger partial charge in [0.2, 0.25) is 0 Å². The summed E-state index contributed by atoms with van der Waals surface area (Å²) in [5.41, 5.74) is 2.68. The molecule has 0 N–H and O–H groups in total. The van der Waals surface area contributed by atoms with E-state index in [-0.39, 0.29) is 0 Å². The van der Waals surface area contributed by atoms with E-state index >= 15 is 0 Å². The van der Waals surface area contributed by atoms with Gasteiger partial charge < -0.3 is 0 Å². The first kappa shape index (κ1) is 33.2.